The van der Waals surface area contributed by atoms with Crippen LogP contribution in [-0.4, -0.2) is 35.4 Å². The maximum absolute atomic E-state index is 13.4. The number of benzene rings is 1. The van der Waals surface area contributed by atoms with Gasteiger partial charge in [-0.25, -0.2) is 4.39 Å². The molecule has 2 heterocycles. The second-order valence-electron chi connectivity index (χ2n) is 5.17. The maximum atomic E-state index is 13.4. The molecule has 1 unspecified atom stereocenters. The zero-order chi connectivity index (χ0) is 16.4. The van der Waals surface area contributed by atoms with Crippen LogP contribution in [0.1, 0.15) is 22.2 Å². The number of hydrogen-bond donors (Lipinski definition) is 1. The van der Waals surface area contributed by atoms with E-state index in [1.54, 1.807) is 12.1 Å². The van der Waals surface area contributed by atoms with Crippen molar-refractivity contribution in [2.24, 2.45) is 0 Å². The average molecular weight is 319 g/mol. The molecule has 0 aliphatic carbocycles. The molecule has 7 nitrogen and oxygen atoms in total. The first-order valence-corrected chi connectivity index (χ1v) is 7.07. The molecule has 1 aromatic carbocycles. The van der Waals surface area contributed by atoms with Gasteiger partial charge in [-0.2, -0.15) is 0 Å². The van der Waals surface area contributed by atoms with Gasteiger partial charge in [0.05, 0.1) is 12.1 Å². The summed E-state index contributed by atoms with van der Waals surface area (Å²) in [4.78, 5) is 24.1. The van der Waals surface area contributed by atoms with Crippen molar-refractivity contribution in [2.45, 2.75) is 6.04 Å². The van der Waals surface area contributed by atoms with Crippen molar-refractivity contribution in [1.82, 2.24) is 10.2 Å². The molecule has 1 fully saturated rings. The van der Waals surface area contributed by atoms with Crippen LogP contribution >= 0.6 is 0 Å². The highest BCUT2D eigenvalue weighted by Gasteiger charge is 2.31. The van der Waals surface area contributed by atoms with E-state index in [-0.39, 0.29) is 17.6 Å². The summed E-state index contributed by atoms with van der Waals surface area (Å²) in [5, 5.41) is 13.8. The number of hydrogen-bond acceptors (Lipinski definition) is 5. The largest absolute Gasteiger partial charge is 0.433 e. The molecule has 3 rings (SSSR count). The van der Waals surface area contributed by atoms with Crippen molar-refractivity contribution in [3.05, 3.63) is 63.7 Å². The number of nitrogens with zero attached hydrogens (tertiary/aromatic N) is 2. The summed E-state index contributed by atoms with van der Waals surface area (Å²) in [7, 11) is 0. The Balaban J connectivity index is 1.88. The number of nitrogens with one attached hydrogen (secondary N) is 1. The lowest BCUT2D eigenvalue weighted by Crippen LogP contribution is -2.48. The van der Waals surface area contributed by atoms with Gasteiger partial charge in [-0.05, 0) is 23.8 Å². The predicted octanol–water partition coefficient (Wildman–Crippen LogP) is 2.11. The zero-order valence-corrected chi connectivity index (χ0v) is 12.1. The first-order valence-electron chi connectivity index (χ1n) is 7.07. The smallest absolute Gasteiger partial charge is 0.395 e. The first kappa shape index (κ1) is 15.2. The Kier molecular flexibility index (Phi) is 4.07. The van der Waals surface area contributed by atoms with E-state index < -0.39 is 16.7 Å². The molecule has 1 aliphatic heterocycles. The fourth-order valence-electron chi connectivity index (χ4n) is 2.64. The third kappa shape index (κ3) is 3.07. The summed E-state index contributed by atoms with van der Waals surface area (Å²) in [5.74, 6) is -1.41. The molecule has 2 aromatic rings. The fraction of sp³-hybridized carbons (Fsp3) is 0.267. The van der Waals surface area contributed by atoms with Gasteiger partial charge in [-0.15, -0.1) is 0 Å². The molecule has 1 amide bonds. The fourth-order valence-corrected chi connectivity index (χ4v) is 2.64. The summed E-state index contributed by atoms with van der Waals surface area (Å²) in [5.41, 5.74) is 0.659. The average Bonchev–Trinajstić information content (AvgIpc) is 3.04. The molecule has 1 atom stereocenters. The molecule has 1 N–H and O–H groups in total. The topological polar surface area (TPSA) is 88.6 Å². The molecular weight excluding hydrogens is 305 g/mol. The van der Waals surface area contributed by atoms with Gasteiger partial charge in [0.2, 0.25) is 0 Å². The normalized spacial score (nSPS) is 18.0. The van der Waals surface area contributed by atoms with Crippen LogP contribution in [0.25, 0.3) is 0 Å². The van der Waals surface area contributed by atoms with E-state index in [1.165, 1.54) is 23.1 Å². The summed E-state index contributed by atoms with van der Waals surface area (Å²) < 4.78 is 18.4. The van der Waals surface area contributed by atoms with E-state index in [9.17, 15) is 19.3 Å². The second-order valence-corrected chi connectivity index (χ2v) is 5.17. The van der Waals surface area contributed by atoms with Crippen LogP contribution in [0.5, 0.6) is 0 Å². The molecule has 0 saturated carbocycles. The van der Waals surface area contributed by atoms with Gasteiger partial charge in [0.15, 0.2) is 5.76 Å². The summed E-state index contributed by atoms with van der Waals surface area (Å²) >= 11 is 0. The first-order chi connectivity index (χ1) is 11.1. The van der Waals surface area contributed by atoms with E-state index in [4.69, 9.17) is 4.42 Å². The van der Waals surface area contributed by atoms with Crippen LogP contribution in [0.15, 0.2) is 40.8 Å². The number of carbonyl (C=O) groups excluding carboxylic acids is 1. The molecule has 1 aliphatic rings. The predicted molar refractivity (Wildman–Crippen MR) is 78.4 cm³/mol. The van der Waals surface area contributed by atoms with Gasteiger partial charge in [0.1, 0.15) is 10.7 Å². The van der Waals surface area contributed by atoms with Crippen molar-refractivity contribution >= 4 is 11.8 Å². The zero-order valence-electron chi connectivity index (χ0n) is 12.1. The standard InChI is InChI=1S/C15H14FN3O4/c16-11-3-1-2-10(8-11)12-9-17-6-7-18(12)15(20)13-4-5-14(23-13)19(21)22/h1-5,8,12,17H,6-7,9H2. The number of furan rings is 1. The summed E-state index contributed by atoms with van der Waals surface area (Å²) in [6, 6.07) is 8.10. The highest BCUT2D eigenvalue weighted by Crippen LogP contribution is 2.26. The number of rotatable bonds is 3. The monoisotopic (exact) mass is 319 g/mol. The number of piperazine rings is 1. The minimum Gasteiger partial charge on any atom is -0.395 e. The lowest BCUT2D eigenvalue weighted by Gasteiger charge is -2.36. The lowest BCUT2D eigenvalue weighted by atomic mass is 10.0. The molecule has 0 bridgehead atoms. The van der Waals surface area contributed by atoms with Crippen LogP contribution in [0.2, 0.25) is 0 Å². The Morgan fingerprint density at radius 1 is 1.39 bits per heavy atom. The third-order valence-corrected chi connectivity index (χ3v) is 3.72. The van der Waals surface area contributed by atoms with Gasteiger partial charge >= 0.3 is 5.88 Å². The van der Waals surface area contributed by atoms with E-state index >= 15 is 0 Å². The van der Waals surface area contributed by atoms with E-state index in [2.05, 4.69) is 5.32 Å². The highest BCUT2D eigenvalue weighted by atomic mass is 19.1. The van der Waals surface area contributed by atoms with Crippen molar-refractivity contribution in [2.75, 3.05) is 19.6 Å². The van der Waals surface area contributed by atoms with Crippen molar-refractivity contribution in [3.8, 4) is 0 Å². The number of amides is 1. The maximum Gasteiger partial charge on any atom is 0.433 e. The Morgan fingerprint density at radius 2 is 2.22 bits per heavy atom. The minimum absolute atomic E-state index is 0.0972. The number of halogens is 1. The molecule has 1 aromatic heterocycles. The molecule has 120 valence electrons. The molecular formula is C15H14FN3O4. The Morgan fingerprint density at radius 3 is 2.91 bits per heavy atom. The van der Waals surface area contributed by atoms with E-state index in [1.807, 2.05) is 0 Å². The molecule has 23 heavy (non-hydrogen) atoms. The van der Waals surface area contributed by atoms with Gasteiger partial charge in [0, 0.05) is 19.6 Å². The number of nitro groups is 1. The van der Waals surface area contributed by atoms with Crippen molar-refractivity contribution < 1.29 is 18.5 Å². The third-order valence-electron chi connectivity index (χ3n) is 3.72. The van der Waals surface area contributed by atoms with E-state index in [0.717, 1.165) is 6.07 Å². The van der Waals surface area contributed by atoms with Crippen molar-refractivity contribution in [1.29, 1.82) is 0 Å². The van der Waals surface area contributed by atoms with Gasteiger partial charge in [-0.3, -0.25) is 14.9 Å². The number of carbonyl (C=O) groups is 1. The van der Waals surface area contributed by atoms with Crippen LogP contribution in [-0.2, 0) is 0 Å². The lowest BCUT2D eigenvalue weighted by molar-refractivity contribution is -0.402. The molecule has 0 radical (unpaired) electrons. The summed E-state index contributed by atoms with van der Waals surface area (Å²) in [6.07, 6.45) is 0. The van der Waals surface area contributed by atoms with Crippen LogP contribution in [0.4, 0.5) is 10.3 Å². The SMILES string of the molecule is O=C(c1ccc([N+](=O)[O-])o1)N1CCNCC1c1cccc(F)c1. The van der Waals surface area contributed by atoms with Crippen LogP contribution < -0.4 is 5.32 Å². The Labute approximate surface area is 130 Å². The molecule has 0 spiro atoms. The highest BCUT2D eigenvalue weighted by molar-refractivity contribution is 5.92. The molecule has 1 saturated heterocycles. The van der Waals surface area contributed by atoms with Crippen LogP contribution in [0, 0.1) is 15.9 Å². The summed E-state index contributed by atoms with van der Waals surface area (Å²) in [6.45, 7) is 1.45. The Hall–Kier alpha value is -2.74. The minimum atomic E-state index is -0.696. The van der Waals surface area contributed by atoms with E-state index in [0.29, 0.717) is 25.2 Å². The quantitative estimate of drug-likeness (QED) is 0.691. The molecule has 8 heteroatoms. The van der Waals surface area contributed by atoms with Gasteiger partial charge in [0.25, 0.3) is 5.91 Å². The van der Waals surface area contributed by atoms with Crippen molar-refractivity contribution in [3.63, 3.8) is 0 Å². The second kappa shape index (κ2) is 6.17. The van der Waals surface area contributed by atoms with Crippen LogP contribution in [0.3, 0.4) is 0 Å². The van der Waals surface area contributed by atoms with Gasteiger partial charge < -0.3 is 14.6 Å². The Bertz CT molecular complexity index is 746. The van der Waals surface area contributed by atoms with Gasteiger partial charge in [-0.1, -0.05) is 12.1 Å².